The smallest absolute Gasteiger partial charge is 0.252 e. The lowest BCUT2D eigenvalue weighted by Gasteiger charge is -2.15. The third-order valence-corrected chi connectivity index (χ3v) is 2.25. The summed E-state index contributed by atoms with van der Waals surface area (Å²) in [6.07, 6.45) is 2.37. The van der Waals surface area contributed by atoms with E-state index in [0.717, 1.165) is 6.42 Å². The molecule has 0 fully saturated rings. The van der Waals surface area contributed by atoms with Crippen molar-refractivity contribution in [2.75, 3.05) is 0 Å². The average Bonchev–Trinajstić information content (AvgIpc) is 2.16. The fourth-order valence-corrected chi connectivity index (χ4v) is 1.62. The first-order valence-corrected chi connectivity index (χ1v) is 5.48. The van der Waals surface area contributed by atoms with Gasteiger partial charge in [-0.25, -0.2) is 0 Å². The molecular weight excluding hydrogens is 204 g/mol. The van der Waals surface area contributed by atoms with E-state index in [-0.39, 0.29) is 17.5 Å². The molecule has 88 valence electrons. The molecule has 0 radical (unpaired) electrons. The molecule has 1 atom stereocenters. The summed E-state index contributed by atoms with van der Waals surface area (Å²) < 4.78 is 0. The monoisotopic (exact) mass is 222 g/mol. The maximum absolute atomic E-state index is 11.7. The number of hydrogen-bond acceptors (Lipinski definition) is 2. The van der Waals surface area contributed by atoms with E-state index in [1.54, 1.807) is 0 Å². The molecule has 0 aliphatic carbocycles. The predicted molar refractivity (Wildman–Crippen MR) is 63.4 cm³/mol. The van der Waals surface area contributed by atoms with E-state index in [0.29, 0.717) is 11.5 Å². The van der Waals surface area contributed by atoms with Crippen LogP contribution >= 0.6 is 0 Å². The molecule has 0 spiro atoms. The first-order chi connectivity index (χ1) is 7.49. The van der Waals surface area contributed by atoms with Crippen molar-refractivity contribution in [2.45, 2.75) is 33.2 Å². The van der Waals surface area contributed by atoms with Gasteiger partial charge in [0.25, 0.3) is 5.91 Å². The number of carbonyl (C=O) groups excluding carboxylic acids is 1. The molecule has 0 aliphatic rings. The van der Waals surface area contributed by atoms with E-state index in [1.807, 2.05) is 6.92 Å². The van der Waals surface area contributed by atoms with Crippen molar-refractivity contribution in [1.82, 2.24) is 10.3 Å². The number of amides is 1. The van der Waals surface area contributed by atoms with Crippen molar-refractivity contribution in [1.29, 1.82) is 0 Å². The maximum Gasteiger partial charge on any atom is 0.252 e. The Kier molecular flexibility index (Phi) is 4.28. The van der Waals surface area contributed by atoms with Crippen LogP contribution in [0.5, 0.6) is 0 Å². The summed E-state index contributed by atoms with van der Waals surface area (Å²) in [7, 11) is 0. The average molecular weight is 222 g/mol. The third kappa shape index (κ3) is 3.88. The number of nitrogens with one attached hydrogen (secondary N) is 2. The van der Waals surface area contributed by atoms with Gasteiger partial charge in [0.15, 0.2) is 0 Å². The van der Waals surface area contributed by atoms with Gasteiger partial charge >= 0.3 is 0 Å². The van der Waals surface area contributed by atoms with E-state index in [2.05, 4.69) is 24.1 Å². The van der Waals surface area contributed by atoms with E-state index in [9.17, 15) is 9.59 Å². The van der Waals surface area contributed by atoms with Gasteiger partial charge < -0.3 is 10.3 Å². The maximum atomic E-state index is 11.7. The van der Waals surface area contributed by atoms with Crippen molar-refractivity contribution >= 4 is 5.91 Å². The molecule has 4 heteroatoms. The van der Waals surface area contributed by atoms with Crippen molar-refractivity contribution in [3.8, 4) is 0 Å². The minimum atomic E-state index is -0.202. The van der Waals surface area contributed by atoms with Gasteiger partial charge in [0.2, 0.25) is 5.56 Å². The van der Waals surface area contributed by atoms with Gasteiger partial charge in [0, 0.05) is 18.3 Å². The zero-order valence-corrected chi connectivity index (χ0v) is 9.91. The number of pyridine rings is 1. The third-order valence-electron chi connectivity index (χ3n) is 2.25. The first-order valence-electron chi connectivity index (χ1n) is 5.48. The fourth-order valence-electron chi connectivity index (χ4n) is 1.62. The molecule has 1 rings (SSSR count). The zero-order chi connectivity index (χ0) is 12.1. The lowest BCUT2D eigenvalue weighted by atomic mass is 10.1. The van der Waals surface area contributed by atoms with Crippen LogP contribution in [0.15, 0.2) is 23.1 Å². The van der Waals surface area contributed by atoms with Gasteiger partial charge in [-0.2, -0.15) is 0 Å². The Morgan fingerprint density at radius 1 is 1.38 bits per heavy atom. The lowest BCUT2D eigenvalue weighted by Crippen LogP contribution is -2.33. The van der Waals surface area contributed by atoms with E-state index >= 15 is 0 Å². The second-order valence-corrected chi connectivity index (χ2v) is 4.45. The number of carbonyl (C=O) groups is 1. The van der Waals surface area contributed by atoms with Crippen LogP contribution in [-0.2, 0) is 0 Å². The SMILES string of the molecule is CC(C)CC(C)NC(=O)c1ccc(=O)[nH]c1. The first kappa shape index (κ1) is 12.5. The summed E-state index contributed by atoms with van der Waals surface area (Å²) in [5.74, 6) is 0.398. The Morgan fingerprint density at radius 3 is 2.56 bits per heavy atom. The molecule has 2 N–H and O–H groups in total. The van der Waals surface area contributed by atoms with Crippen LogP contribution < -0.4 is 10.9 Å². The molecular formula is C12H18N2O2. The largest absolute Gasteiger partial charge is 0.350 e. The molecule has 1 aromatic rings. The Hall–Kier alpha value is -1.58. The molecule has 1 unspecified atom stereocenters. The fraction of sp³-hybridized carbons (Fsp3) is 0.500. The summed E-state index contributed by atoms with van der Waals surface area (Å²) in [4.78, 5) is 25.0. The number of aromatic nitrogens is 1. The van der Waals surface area contributed by atoms with Crippen LogP contribution in [0.4, 0.5) is 0 Å². The van der Waals surface area contributed by atoms with Crippen LogP contribution in [0.3, 0.4) is 0 Å². The second-order valence-electron chi connectivity index (χ2n) is 4.45. The minimum absolute atomic E-state index is 0.138. The lowest BCUT2D eigenvalue weighted by molar-refractivity contribution is 0.0935. The van der Waals surface area contributed by atoms with Gasteiger partial charge in [-0.05, 0) is 25.3 Å². The molecule has 1 heterocycles. The quantitative estimate of drug-likeness (QED) is 0.811. The predicted octanol–water partition coefficient (Wildman–Crippen LogP) is 1.54. The van der Waals surface area contributed by atoms with Crippen LogP contribution in [0.25, 0.3) is 0 Å². The Morgan fingerprint density at radius 2 is 2.06 bits per heavy atom. The molecule has 4 nitrogen and oxygen atoms in total. The van der Waals surface area contributed by atoms with Gasteiger partial charge in [0.05, 0.1) is 5.56 Å². The second kappa shape index (κ2) is 5.49. The summed E-state index contributed by atoms with van der Waals surface area (Å²) in [6, 6.07) is 3.01. The molecule has 0 saturated heterocycles. The Labute approximate surface area is 95.1 Å². The highest BCUT2D eigenvalue weighted by Gasteiger charge is 2.10. The van der Waals surface area contributed by atoms with Gasteiger partial charge in [-0.15, -0.1) is 0 Å². The van der Waals surface area contributed by atoms with E-state index < -0.39 is 0 Å². The number of hydrogen-bond donors (Lipinski definition) is 2. The topological polar surface area (TPSA) is 62.0 Å². The normalized spacial score (nSPS) is 12.5. The highest BCUT2D eigenvalue weighted by atomic mass is 16.1. The summed E-state index contributed by atoms with van der Waals surface area (Å²) in [6.45, 7) is 6.20. The van der Waals surface area contributed by atoms with Crippen molar-refractivity contribution in [3.05, 3.63) is 34.2 Å². The Balaban J connectivity index is 2.58. The van der Waals surface area contributed by atoms with Crippen molar-refractivity contribution in [3.63, 3.8) is 0 Å². The summed E-state index contributed by atoms with van der Waals surface area (Å²) in [5.41, 5.74) is 0.280. The van der Waals surface area contributed by atoms with Crippen LogP contribution in [0.2, 0.25) is 0 Å². The molecule has 0 saturated carbocycles. The highest BCUT2D eigenvalue weighted by molar-refractivity contribution is 5.93. The standard InChI is InChI=1S/C12H18N2O2/c1-8(2)6-9(3)14-12(16)10-4-5-11(15)13-7-10/h4-5,7-9H,6H2,1-3H3,(H,13,15)(H,14,16). The molecule has 16 heavy (non-hydrogen) atoms. The van der Waals surface area contributed by atoms with E-state index in [1.165, 1.54) is 18.3 Å². The van der Waals surface area contributed by atoms with Gasteiger partial charge in [-0.1, -0.05) is 13.8 Å². The Bertz CT molecular complexity index is 389. The summed E-state index contributed by atoms with van der Waals surface area (Å²) >= 11 is 0. The number of aromatic amines is 1. The molecule has 0 bridgehead atoms. The number of H-pyrrole nitrogens is 1. The minimum Gasteiger partial charge on any atom is -0.350 e. The van der Waals surface area contributed by atoms with Gasteiger partial charge in [-0.3, -0.25) is 9.59 Å². The zero-order valence-electron chi connectivity index (χ0n) is 9.91. The number of rotatable bonds is 4. The summed E-state index contributed by atoms with van der Waals surface area (Å²) in [5, 5.41) is 2.89. The molecule has 0 aliphatic heterocycles. The van der Waals surface area contributed by atoms with E-state index in [4.69, 9.17) is 0 Å². The highest BCUT2D eigenvalue weighted by Crippen LogP contribution is 2.04. The molecule has 1 aromatic heterocycles. The van der Waals surface area contributed by atoms with Gasteiger partial charge in [0.1, 0.15) is 0 Å². The van der Waals surface area contributed by atoms with Crippen molar-refractivity contribution in [2.24, 2.45) is 5.92 Å². The van der Waals surface area contributed by atoms with Crippen LogP contribution in [0.1, 0.15) is 37.6 Å². The van der Waals surface area contributed by atoms with Crippen LogP contribution in [-0.4, -0.2) is 16.9 Å². The molecule has 1 amide bonds. The molecule has 0 aromatic carbocycles. The van der Waals surface area contributed by atoms with Crippen molar-refractivity contribution < 1.29 is 4.79 Å². The van der Waals surface area contributed by atoms with Crippen LogP contribution in [0, 0.1) is 5.92 Å².